The monoisotopic (exact) mass is 256 g/mol. The van der Waals surface area contributed by atoms with E-state index in [2.05, 4.69) is 5.32 Å². The van der Waals surface area contributed by atoms with Crippen LogP contribution >= 0.6 is 11.6 Å². The molecule has 1 unspecified atom stereocenters. The Kier molecular flexibility index (Phi) is 5.41. The van der Waals surface area contributed by atoms with Gasteiger partial charge in [0.25, 0.3) is 0 Å². The smallest absolute Gasteiger partial charge is 0.248 e. The molecule has 17 heavy (non-hydrogen) atoms. The van der Waals surface area contributed by atoms with Gasteiger partial charge in [0.05, 0.1) is 0 Å². The maximum atomic E-state index is 10.9. The topological polar surface area (TPSA) is 75.3 Å². The molecule has 0 aliphatic heterocycles. The Labute approximate surface area is 106 Å². The molecule has 1 aromatic carbocycles. The van der Waals surface area contributed by atoms with Gasteiger partial charge in [-0.15, -0.1) is 0 Å². The van der Waals surface area contributed by atoms with Crippen LogP contribution < -0.4 is 11.1 Å². The van der Waals surface area contributed by atoms with Crippen LogP contribution in [0.25, 0.3) is 0 Å². The second kappa shape index (κ2) is 6.59. The fraction of sp³-hybridized carbons (Fsp3) is 0.417. The van der Waals surface area contributed by atoms with E-state index in [1.807, 2.05) is 6.92 Å². The summed E-state index contributed by atoms with van der Waals surface area (Å²) >= 11 is 6.03. The number of primary amides is 1. The molecule has 0 fully saturated rings. The van der Waals surface area contributed by atoms with Crippen LogP contribution in [0.15, 0.2) is 18.2 Å². The second-order valence-electron chi connectivity index (χ2n) is 4.09. The Morgan fingerprint density at radius 2 is 2.29 bits per heavy atom. The van der Waals surface area contributed by atoms with E-state index < -0.39 is 5.91 Å². The Morgan fingerprint density at radius 1 is 1.59 bits per heavy atom. The second-order valence-corrected chi connectivity index (χ2v) is 4.50. The fourth-order valence-corrected chi connectivity index (χ4v) is 1.61. The van der Waals surface area contributed by atoms with Crippen LogP contribution in [0.5, 0.6) is 0 Å². The van der Waals surface area contributed by atoms with Crippen LogP contribution in [0.3, 0.4) is 0 Å². The average Bonchev–Trinajstić information content (AvgIpc) is 2.30. The Balaban J connectivity index is 2.57. The standard InChI is InChI=1S/C12H17ClN2O2/c1-8(7-16)5-15-6-10-3-2-9(12(14)17)4-11(10)13/h2-4,8,15-16H,5-7H2,1H3,(H2,14,17). The first-order chi connectivity index (χ1) is 8.04. The van der Waals surface area contributed by atoms with Crippen LogP contribution in [0, 0.1) is 5.92 Å². The lowest BCUT2D eigenvalue weighted by molar-refractivity contribution is 0.100. The molecule has 4 N–H and O–H groups in total. The van der Waals surface area contributed by atoms with Crippen LogP contribution in [-0.4, -0.2) is 24.2 Å². The SMILES string of the molecule is CC(CO)CNCc1ccc(C(N)=O)cc1Cl. The molecular weight excluding hydrogens is 240 g/mol. The number of hydrogen-bond acceptors (Lipinski definition) is 3. The zero-order valence-corrected chi connectivity index (χ0v) is 10.5. The number of nitrogens with two attached hydrogens (primary N) is 1. The molecule has 0 radical (unpaired) electrons. The summed E-state index contributed by atoms with van der Waals surface area (Å²) in [5.41, 5.74) is 6.46. The third-order valence-corrected chi connectivity index (χ3v) is 2.81. The minimum atomic E-state index is -0.486. The number of halogens is 1. The van der Waals surface area contributed by atoms with Crippen molar-refractivity contribution in [3.63, 3.8) is 0 Å². The van der Waals surface area contributed by atoms with Crippen molar-refractivity contribution in [2.45, 2.75) is 13.5 Å². The predicted molar refractivity (Wildman–Crippen MR) is 67.9 cm³/mol. The zero-order valence-electron chi connectivity index (χ0n) is 9.74. The Morgan fingerprint density at radius 3 is 2.82 bits per heavy atom. The van der Waals surface area contributed by atoms with E-state index in [9.17, 15) is 4.79 Å². The molecule has 0 heterocycles. The van der Waals surface area contributed by atoms with Gasteiger partial charge in [-0.05, 0) is 23.6 Å². The molecule has 0 saturated heterocycles. The van der Waals surface area contributed by atoms with Crippen LogP contribution in [-0.2, 0) is 6.54 Å². The molecule has 0 spiro atoms. The third kappa shape index (κ3) is 4.34. The molecular formula is C12H17ClN2O2. The molecule has 0 bridgehead atoms. The van der Waals surface area contributed by atoms with E-state index >= 15 is 0 Å². The molecule has 5 heteroatoms. The van der Waals surface area contributed by atoms with E-state index in [4.69, 9.17) is 22.4 Å². The molecule has 1 rings (SSSR count). The van der Waals surface area contributed by atoms with E-state index in [0.717, 1.165) is 5.56 Å². The molecule has 0 aromatic heterocycles. The number of hydrogen-bond donors (Lipinski definition) is 3. The highest BCUT2D eigenvalue weighted by molar-refractivity contribution is 6.31. The van der Waals surface area contributed by atoms with Gasteiger partial charge in [0.2, 0.25) is 5.91 Å². The maximum Gasteiger partial charge on any atom is 0.248 e. The molecule has 1 amide bonds. The van der Waals surface area contributed by atoms with E-state index in [0.29, 0.717) is 23.7 Å². The minimum absolute atomic E-state index is 0.154. The molecule has 1 atom stereocenters. The van der Waals surface area contributed by atoms with E-state index in [-0.39, 0.29) is 12.5 Å². The number of aliphatic hydroxyl groups excluding tert-OH is 1. The molecule has 0 aliphatic rings. The zero-order chi connectivity index (χ0) is 12.8. The summed E-state index contributed by atoms with van der Waals surface area (Å²) in [6.45, 7) is 3.42. The van der Waals surface area contributed by atoms with Crippen molar-refractivity contribution < 1.29 is 9.90 Å². The molecule has 94 valence electrons. The van der Waals surface area contributed by atoms with Crippen molar-refractivity contribution in [1.29, 1.82) is 0 Å². The maximum absolute atomic E-state index is 10.9. The van der Waals surface area contributed by atoms with Gasteiger partial charge in [-0.25, -0.2) is 0 Å². The molecule has 0 saturated carbocycles. The van der Waals surface area contributed by atoms with Crippen molar-refractivity contribution in [1.82, 2.24) is 5.32 Å². The first-order valence-electron chi connectivity index (χ1n) is 5.44. The highest BCUT2D eigenvalue weighted by Gasteiger charge is 2.06. The number of amides is 1. The van der Waals surface area contributed by atoms with Gasteiger partial charge in [0.15, 0.2) is 0 Å². The van der Waals surface area contributed by atoms with Crippen molar-refractivity contribution in [3.8, 4) is 0 Å². The van der Waals surface area contributed by atoms with Crippen molar-refractivity contribution in [2.24, 2.45) is 11.7 Å². The first-order valence-corrected chi connectivity index (χ1v) is 5.82. The van der Waals surface area contributed by atoms with Gasteiger partial charge in [0, 0.05) is 30.3 Å². The van der Waals surface area contributed by atoms with Gasteiger partial charge in [-0.1, -0.05) is 24.6 Å². The number of benzene rings is 1. The normalized spacial score (nSPS) is 12.4. The molecule has 1 aromatic rings. The Hall–Kier alpha value is -1.10. The summed E-state index contributed by atoms with van der Waals surface area (Å²) in [6.07, 6.45) is 0. The minimum Gasteiger partial charge on any atom is -0.396 e. The fourth-order valence-electron chi connectivity index (χ4n) is 1.36. The van der Waals surface area contributed by atoms with E-state index in [1.165, 1.54) is 0 Å². The summed E-state index contributed by atoms with van der Waals surface area (Å²) in [6, 6.07) is 5.00. The summed E-state index contributed by atoms with van der Waals surface area (Å²) in [5.74, 6) is -0.279. The van der Waals surface area contributed by atoms with Gasteiger partial charge in [-0.2, -0.15) is 0 Å². The highest BCUT2D eigenvalue weighted by atomic mass is 35.5. The summed E-state index contributed by atoms with van der Waals surface area (Å²) in [4.78, 5) is 10.9. The number of nitrogens with one attached hydrogen (secondary N) is 1. The predicted octanol–water partition coefficient (Wildman–Crippen LogP) is 1.16. The van der Waals surface area contributed by atoms with Crippen molar-refractivity contribution in [3.05, 3.63) is 34.3 Å². The van der Waals surface area contributed by atoms with Gasteiger partial charge in [0.1, 0.15) is 0 Å². The Bertz CT molecular complexity index is 396. The lowest BCUT2D eigenvalue weighted by Crippen LogP contribution is -2.23. The van der Waals surface area contributed by atoms with Crippen molar-refractivity contribution >= 4 is 17.5 Å². The van der Waals surface area contributed by atoms with Gasteiger partial charge < -0.3 is 16.2 Å². The molecule has 4 nitrogen and oxygen atoms in total. The first kappa shape index (κ1) is 14.0. The van der Waals surface area contributed by atoms with Crippen LogP contribution in [0.2, 0.25) is 5.02 Å². The largest absolute Gasteiger partial charge is 0.396 e. The van der Waals surface area contributed by atoms with Gasteiger partial charge >= 0.3 is 0 Å². The number of rotatable bonds is 6. The van der Waals surface area contributed by atoms with E-state index in [1.54, 1.807) is 18.2 Å². The average molecular weight is 257 g/mol. The number of aliphatic hydroxyl groups is 1. The van der Waals surface area contributed by atoms with Crippen LogP contribution in [0.4, 0.5) is 0 Å². The number of carbonyl (C=O) groups excluding carboxylic acids is 1. The third-order valence-electron chi connectivity index (χ3n) is 2.46. The highest BCUT2D eigenvalue weighted by Crippen LogP contribution is 2.17. The summed E-state index contributed by atoms with van der Waals surface area (Å²) < 4.78 is 0. The van der Waals surface area contributed by atoms with Gasteiger partial charge in [-0.3, -0.25) is 4.79 Å². The lowest BCUT2D eigenvalue weighted by Gasteiger charge is -2.10. The molecule has 0 aliphatic carbocycles. The lowest BCUT2D eigenvalue weighted by atomic mass is 10.1. The van der Waals surface area contributed by atoms with Crippen molar-refractivity contribution in [2.75, 3.05) is 13.2 Å². The summed E-state index contributed by atoms with van der Waals surface area (Å²) in [7, 11) is 0. The van der Waals surface area contributed by atoms with Crippen LogP contribution in [0.1, 0.15) is 22.8 Å². The summed E-state index contributed by atoms with van der Waals surface area (Å²) in [5, 5.41) is 12.6. The quantitative estimate of drug-likeness (QED) is 0.715. The number of carbonyl (C=O) groups is 1.